The summed E-state index contributed by atoms with van der Waals surface area (Å²) in [5, 5.41) is 9.45. The molecule has 0 radical (unpaired) electrons. The largest absolute Gasteiger partial charge is 0.381 e. The highest BCUT2D eigenvalue weighted by Gasteiger charge is 2.18. The Morgan fingerprint density at radius 3 is 3.07 bits per heavy atom. The van der Waals surface area contributed by atoms with Crippen molar-refractivity contribution in [3.63, 3.8) is 0 Å². The topological polar surface area (TPSA) is 101 Å². The van der Waals surface area contributed by atoms with Gasteiger partial charge in [0.25, 0.3) is 0 Å². The monoisotopic (exact) mass is 398 g/mol. The van der Waals surface area contributed by atoms with Gasteiger partial charge in [-0.2, -0.15) is 0 Å². The highest BCUT2D eigenvalue weighted by atomic mass is 32.1. The van der Waals surface area contributed by atoms with Gasteiger partial charge >= 0.3 is 6.03 Å². The van der Waals surface area contributed by atoms with Crippen molar-refractivity contribution >= 4 is 38.7 Å². The first kappa shape index (κ1) is 18.6. The summed E-state index contributed by atoms with van der Waals surface area (Å²) in [6.45, 7) is 4.82. The molecule has 146 valence electrons. The first-order valence-electron chi connectivity index (χ1n) is 9.31. The van der Waals surface area contributed by atoms with E-state index in [1.165, 1.54) is 11.3 Å². The second-order valence-electron chi connectivity index (χ2n) is 6.56. The summed E-state index contributed by atoms with van der Waals surface area (Å²) in [6.07, 6.45) is 4.61. The van der Waals surface area contributed by atoms with E-state index < -0.39 is 0 Å². The summed E-state index contributed by atoms with van der Waals surface area (Å²) in [6, 6.07) is 5.62. The summed E-state index contributed by atoms with van der Waals surface area (Å²) in [5.41, 5.74) is 2.65. The Balaban J connectivity index is 1.66. The van der Waals surface area contributed by atoms with Crippen molar-refractivity contribution in [2.45, 2.75) is 13.3 Å². The molecule has 3 N–H and O–H groups in total. The first-order valence-corrected chi connectivity index (χ1v) is 10.1. The molecule has 1 fully saturated rings. The van der Waals surface area contributed by atoms with Crippen molar-refractivity contribution in [2.75, 3.05) is 36.9 Å². The molecule has 4 rings (SSSR count). The standard InChI is InChI=1S/C19H22N6O2S/c1-2-21-18(26)25-19-23-15-8-14(13-4-3-6-20-10-13)16(24-17(15)28-19)22-9-12-5-7-27-11-12/h3-4,6,8,10,12H,2,5,7,9,11H2,1H3,(H,22,24)(H2,21,23,25,26). The number of urea groups is 1. The fourth-order valence-corrected chi connectivity index (χ4v) is 3.90. The van der Waals surface area contributed by atoms with Crippen LogP contribution in [-0.4, -0.2) is 47.3 Å². The minimum Gasteiger partial charge on any atom is -0.381 e. The first-order chi connectivity index (χ1) is 13.7. The summed E-state index contributed by atoms with van der Waals surface area (Å²) >= 11 is 1.35. The number of thiazole rings is 1. The van der Waals surface area contributed by atoms with Crippen LogP contribution in [0.4, 0.5) is 15.7 Å². The Labute approximate surface area is 166 Å². The molecule has 28 heavy (non-hydrogen) atoms. The number of hydrogen-bond donors (Lipinski definition) is 3. The van der Waals surface area contributed by atoms with Gasteiger partial charge < -0.3 is 15.4 Å². The number of amides is 2. The zero-order valence-corrected chi connectivity index (χ0v) is 16.4. The van der Waals surface area contributed by atoms with Gasteiger partial charge in [0.05, 0.1) is 6.61 Å². The lowest BCUT2D eigenvalue weighted by Crippen LogP contribution is -2.28. The predicted molar refractivity (Wildman–Crippen MR) is 111 cm³/mol. The summed E-state index contributed by atoms with van der Waals surface area (Å²) in [4.78, 5) is 26.1. The molecule has 1 unspecified atom stereocenters. The van der Waals surface area contributed by atoms with Gasteiger partial charge in [-0.1, -0.05) is 17.4 Å². The molecule has 0 aromatic carbocycles. The highest BCUT2D eigenvalue weighted by molar-refractivity contribution is 7.22. The van der Waals surface area contributed by atoms with Crippen LogP contribution in [0.5, 0.6) is 0 Å². The number of ether oxygens (including phenoxy) is 1. The number of fused-ring (bicyclic) bond motifs is 1. The normalized spacial score (nSPS) is 16.2. The summed E-state index contributed by atoms with van der Waals surface area (Å²) in [5.74, 6) is 1.27. The van der Waals surface area contributed by atoms with E-state index in [0.717, 1.165) is 53.5 Å². The quantitative estimate of drug-likeness (QED) is 0.589. The number of nitrogens with one attached hydrogen (secondary N) is 3. The second-order valence-corrected chi connectivity index (χ2v) is 7.54. The molecule has 1 aliphatic heterocycles. The minimum atomic E-state index is -0.270. The molecule has 1 atom stereocenters. The van der Waals surface area contributed by atoms with Crippen LogP contribution < -0.4 is 16.0 Å². The molecule has 3 aromatic rings. The molecule has 0 saturated carbocycles. The van der Waals surface area contributed by atoms with Crippen LogP contribution in [-0.2, 0) is 4.74 Å². The zero-order chi connectivity index (χ0) is 19.3. The van der Waals surface area contributed by atoms with Gasteiger partial charge in [0, 0.05) is 49.1 Å². The lowest BCUT2D eigenvalue weighted by Gasteiger charge is -2.13. The number of rotatable bonds is 6. The highest BCUT2D eigenvalue weighted by Crippen LogP contribution is 2.33. The molecule has 0 bridgehead atoms. The van der Waals surface area contributed by atoms with Crippen molar-refractivity contribution in [2.24, 2.45) is 5.92 Å². The third-order valence-corrected chi connectivity index (χ3v) is 5.38. The molecular formula is C19H22N6O2S. The van der Waals surface area contributed by atoms with E-state index in [2.05, 4.69) is 25.9 Å². The Morgan fingerprint density at radius 1 is 1.39 bits per heavy atom. The lowest BCUT2D eigenvalue weighted by atomic mass is 10.1. The second kappa shape index (κ2) is 8.49. The van der Waals surface area contributed by atoms with E-state index in [4.69, 9.17) is 9.72 Å². The van der Waals surface area contributed by atoms with Crippen molar-refractivity contribution in [3.05, 3.63) is 30.6 Å². The minimum absolute atomic E-state index is 0.270. The third kappa shape index (κ3) is 4.20. The molecular weight excluding hydrogens is 376 g/mol. The third-order valence-electron chi connectivity index (χ3n) is 4.50. The molecule has 1 aliphatic rings. The molecule has 3 aromatic heterocycles. The van der Waals surface area contributed by atoms with E-state index >= 15 is 0 Å². The van der Waals surface area contributed by atoms with E-state index in [9.17, 15) is 4.79 Å². The van der Waals surface area contributed by atoms with Crippen LogP contribution in [0.15, 0.2) is 30.6 Å². The Bertz CT molecular complexity index is 956. The fraction of sp³-hybridized carbons (Fsp3) is 0.368. The average Bonchev–Trinajstić information content (AvgIpc) is 3.35. The van der Waals surface area contributed by atoms with Crippen LogP contribution >= 0.6 is 11.3 Å². The molecule has 1 saturated heterocycles. The molecule has 0 aliphatic carbocycles. The summed E-state index contributed by atoms with van der Waals surface area (Å²) < 4.78 is 5.47. The molecule has 8 nitrogen and oxygen atoms in total. The van der Waals surface area contributed by atoms with Gasteiger partial charge in [-0.05, 0) is 25.5 Å². The molecule has 2 amide bonds. The Hall–Kier alpha value is -2.78. The van der Waals surface area contributed by atoms with Crippen molar-refractivity contribution < 1.29 is 9.53 Å². The van der Waals surface area contributed by atoms with Gasteiger partial charge in [-0.15, -0.1) is 0 Å². The lowest BCUT2D eigenvalue weighted by molar-refractivity contribution is 0.187. The number of hydrogen-bond acceptors (Lipinski definition) is 7. The smallest absolute Gasteiger partial charge is 0.321 e. The van der Waals surface area contributed by atoms with E-state index in [1.807, 2.05) is 31.3 Å². The van der Waals surface area contributed by atoms with Crippen molar-refractivity contribution in [3.8, 4) is 11.1 Å². The van der Waals surface area contributed by atoms with E-state index in [0.29, 0.717) is 17.6 Å². The number of pyridine rings is 2. The SMILES string of the molecule is CCNC(=O)Nc1nc2cc(-c3cccnc3)c(NCC3CCOC3)nc2s1. The van der Waals surface area contributed by atoms with Crippen LogP contribution in [0.2, 0.25) is 0 Å². The van der Waals surface area contributed by atoms with Crippen LogP contribution in [0.3, 0.4) is 0 Å². The number of carbonyl (C=O) groups excluding carboxylic acids is 1. The van der Waals surface area contributed by atoms with E-state index in [-0.39, 0.29) is 6.03 Å². The molecule has 0 spiro atoms. The van der Waals surface area contributed by atoms with Crippen molar-refractivity contribution in [1.29, 1.82) is 0 Å². The predicted octanol–water partition coefficient (Wildman–Crippen LogP) is 3.34. The van der Waals surface area contributed by atoms with Crippen LogP contribution in [0, 0.1) is 5.92 Å². The number of nitrogens with zero attached hydrogens (tertiary/aromatic N) is 3. The van der Waals surface area contributed by atoms with Gasteiger partial charge in [-0.3, -0.25) is 10.3 Å². The van der Waals surface area contributed by atoms with Gasteiger partial charge in [-0.25, -0.2) is 14.8 Å². The van der Waals surface area contributed by atoms with Crippen molar-refractivity contribution in [1.82, 2.24) is 20.3 Å². The van der Waals surface area contributed by atoms with Crippen LogP contribution in [0.1, 0.15) is 13.3 Å². The number of aromatic nitrogens is 3. The van der Waals surface area contributed by atoms with Gasteiger partial charge in [0.1, 0.15) is 16.2 Å². The maximum atomic E-state index is 11.8. The zero-order valence-electron chi connectivity index (χ0n) is 15.6. The van der Waals surface area contributed by atoms with E-state index in [1.54, 1.807) is 6.20 Å². The molecule has 4 heterocycles. The average molecular weight is 398 g/mol. The maximum absolute atomic E-state index is 11.8. The number of carbonyl (C=O) groups is 1. The summed E-state index contributed by atoms with van der Waals surface area (Å²) in [7, 11) is 0. The molecule has 9 heteroatoms. The van der Waals surface area contributed by atoms with Gasteiger partial charge in [0.15, 0.2) is 5.13 Å². The fourth-order valence-electron chi connectivity index (χ4n) is 3.08. The Kier molecular flexibility index (Phi) is 5.63. The number of anilines is 2. The Morgan fingerprint density at radius 2 is 2.32 bits per heavy atom. The maximum Gasteiger partial charge on any atom is 0.321 e. The van der Waals surface area contributed by atoms with Crippen LogP contribution in [0.25, 0.3) is 21.5 Å². The van der Waals surface area contributed by atoms with Gasteiger partial charge in [0.2, 0.25) is 0 Å².